The van der Waals surface area contributed by atoms with Crippen molar-refractivity contribution in [3.8, 4) is 11.5 Å². The number of carbonyl (C=O) groups excluding carboxylic acids is 1. The highest BCUT2D eigenvalue weighted by Gasteiger charge is 2.26. The van der Waals surface area contributed by atoms with Gasteiger partial charge in [-0.15, -0.1) is 11.8 Å². The number of ether oxygens (including phenoxy) is 2. The van der Waals surface area contributed by atoms with Crippen LogP contribution in [0, 0.1) is 0 Å². The molecule has 2 aromatic carbocycles. The Labute approximate surface area is 145 Å². The third-order valence-electron chi connectivity index (χ3n) is 3.80. The van der Waals surface area contributed by atoms with Crippen molar-refractivity contribution in [3.05, 3.63) is 42.5 Å². The van der Waals surface area contributed by atoms with Crippen LogP contribution in [-0.2, 0) is 0 Å². The fraction of sp³-hybridized carbons (Fsp3) is 0.278. The Hall–Kier alpha value is -2.34. The summed E-state index contributed by atoms with van der Waals surface area (Å²) < 4.78 is 10.5. The highest BCUT2D eigenvalue weighted by atomic mass is 32.2. The molecule has 0 saturated heterocycles. The zero-order valence-corrected chi connectivity index (χ0v) is 14.7. The van der Waals surface area contributed by atoms with Crippen molar-refractivity contribution in [2.24, 2.45) is 0 Å². The smallest absolute Gasteiger partial charge is 0.326 e. The van der Waals surface area contributed by atoms with Crippen LogP contribution in [0.15, 0.2) is 47.4 Å². The molecule has 3 rings (SSSR count). The van der Waals surface area contributed by atoms with E-state index in [4.69, 9.17) is 9.47 Å². The van der Waals surface area contributed by atoms with Crippen LogP contribution in [0.5, 0.6) is 11.5 Å². The number of nitrogens with one attached hydrogen (secondary N) is 1. The van der Waals surface area contributed by atoms with Crippen LogP contribution in [0.3, 0.4) is 0 Å². The van der Waals surface area contributed by atoms with Crippen LogP contribution in [0.2, 0.25) is 0 Å². The van der Waals surface area contributed by atoms with Gasteiger partial charge in [0, 0.05) is 28.4 Å². The maximum Gasteiger partial charge on any atom is 0.326 e. The molecule has 1 N–H and O–H groups in total. The molecule has 0 aromatic heterocycles. The lowest BCUT2D eigenvalue weighted by Gasteiger charge is -2.32. The van der Waals surface area contributed by atoms with Crippen LogP contribution in [0.25, 0.3) is 0 Å². The molecule has 6 heteroatoms. The van der Waals surface area contributed by atoms with E-state index in [1.807, 2.05) is 24.3 Å². The van der Waals surface area contributed by atoms with Crippen LogP contribution >= 0.6 is 11.8 Å². The quantitative estimate of drug-likeness (QED) is 0.905. The summed E-state index contributed by atoms with van der Waals surface area (Å²) >= 11 is 1.79. The molecular weight excluding hydrogens is 324 g/mol. The topological polar surface area (TPSA) is 50.8 Å². The molecule has 0 aliphatic carbocycles. The van der Waals surface area contributed by atoms with E-state index < -0.39 is 0 Å². The minimum Gasteiger partial charge on any atom is -0.493 e. The summed E-state index contributed by atoms with van der Waals surface area (Å²) in [5.74, 6) is 1.21. The first-order chi connectivity index (χ1) is 11.6. The first kappa shape index (κ1) is 16.5. The highest BCUT2D eigenvalue weighted by molar-refractivity contribution is 8.00. The number of nitrogens with zero attached hydrogens (tertiary/aromatic N) is 1. The van der Waals surface area contributed by atoms with E-state index in [9.17, 15) is 4.79 Å². The van der Waals surface area contributed by atoms with Gasteiger partial charge < -0.3 is 14.8 Å². The first-order valence-electron chi connectivity index (χ1n) is 7.68. The average molecular weight is 344 g/mol. The summed E-state index contributed by atoms with van der Waals surface area (Å²) in [6.07, 6.45) is 0. The molecule has 1 heterocycles. The fourth-order valence-electron chi connectivity index (χ4n) is 2.69. The van der Waals surface area contributed by atoms with Gasteiger partial charge >= 0.3 is 6.03 Å². The van der Waals surface area contributed by atoms with Gasteiger partial charge in [0.15, 0.2) is 11.5 Å². The SMILES string of the molecule is COc1ccc(NC(=O)N2C[C@H](C)Sc3ccccc32)cc1OC. The molecule has 0 radical (unpaired) electrons. The van der Waals surface area contributed by atoms with Gasteiger partial charge in [-0.05, 0) is 24.3 Å². The van der Waals surface area contributed by atoms with E-state index in [2.05, 4.69) is 12.2 Å². The second kappa shape index (κ2) is 7.05. The predicted octanol–water partition coefficient (Wildman–Crippen LogP) is 4.24. The van der Waals surface area contributed by atoms with Crippen LogP contribution < -0.4 is 19.7 Å². The van der Waals surface area contributed by atoms with E-state index in [0.717, 1.165) is 10.6 Å². The molecule has 2 amide bonds. The minimum absolute atomic E-state index is 0.151. The molecule has 5 nitrogen and oxygen atoms in total. The Morgan fingerprint density at radius 1 is 1.17 bits per heavy atom. The van der Waals surface area contributed by atoms with Crippen LogP contribution in [0.1, 0.15) is 6.92 Å². The first-order valence-corrected chi connectivity index (χ1v) is 8.56. The average Bonchev–Trinajstić information content (AvgIpc) is 2.60. The molecule has 1 aliphatic heterocycles. The normalized spacial score (nSPS) is 16.3. The van der Waals surface area contributed by atoms with Crippen molar-refractivity contribution in [1.82, 2.24) is 0 Å². The number of urea groups is 1. The molecule has 126 valence electrons. The molecule has 1 aliphatic rings. The number of hydrogen-bond acceptors (Lipinski definition) is 4. The lowest BCUT2D eigenvalue weighted by atomic mass is 10.2. The Balaban J connectivity index is 1.83. The van der Waals surface area contributed by atoms with Gasteiger partial charge in [-0.25, -0.2) is 4.79 Å². The Kier molecular flexibility index (Phi) is 4.85. The van der Waals surface area contributed by atoms with Gasteiger partial charge in [-0.2, -0.15) is 0 Å². The Bertz CT molecular complexity index is 751. The summed E-state index contributed by atoms with van der Waals surface area (Å²) in [6.45, 7) is 2.79. The number of fused-ring (bicyclic) bond motifs is 1. The molecule has 24 heavy (non-hydrogen) atoms. The largest absolute Gasteiger partial charge is 0.493 e. The van der Waals surface area contributed by atoms with E-state index in [1.54, 1.807) is 49.1 Å². The summed E-state index contributed by atoms with van der Waals surface area (Å²) in [7, 11) is 3.16. The number of methoxy groups -OCH3 is 2. The molecule has 0 unspecified atom stereocenters. The van der Waals surface area contributed by atoms with Crippen molar-refractivity contribution in [2.45, 2.75) is 17.1 Å². The van der Waals surface area contributed by atoms with Crippen LogP contribution in [-0.4, -0.2) is 32.0 Å². The van der Waals surface area contributed by atoms with Crippen molar-refractivity contribution < 1.29 is 14.3 Å². The lowest BCUT2D eigenvalue weighted by molar-refractivity contribution is 0.256. The number of thioether (sulfide) groups is 1. The molecule has 0 spiro atoms. The van der Waals surface area contributed by atoms with Gasteiger partial charge in [-0.1, -0.05) is 19.1 Å². The van der Waals surface area contributed by atoms with Crippen LogP contribution in [0.4, 0.5) is 16.2 Å². The monoisotopic (exact) mass is 344 g/mol. The summed E-state index contributed by atoms with van der Waals surface area (Å²) in [4.78, 5) is 15.7. The Morgan fingerprint density at radius 3 is 2.67 bits per heavy atom. The van der Waals surface area contributed by atoms with Gasteiger partial charge in [0.05, 0.1) is 19.9 Å². The highest BCUT2D eigenvalue weighted by Crippen LogP contribution is 2.38. The molecule has 0 saturated carbocycles. The third-order valence-corrected chi connectivity index (χ3v) is 4.95. The number of carbonyl (C=O) groups is 1. The third kappa shape index (κ3) is 3.28. The summed E-state index contributed by atoms with van der Waals surface area (Å²) in [5, 5.41) is 3.28. The van der Waals surface area contributed by atoms with E-state index in [0.29, 0.717) is 29.0 Å². The zero-order chi connectivity index (χ0) is 17.1. The second-order valence-electron chi connectivity index (χ2n) is 5.51. The second-order valence-corrected chi connectivity index (χ2v) is 6.99. The van der Waals surface area contributed by atoms with Crippen molar-refractivity contribution in [2.75, 3.05) is 31.0 Å². The molecule has 2 aromatic rings. The number of amides is 2. The Morgan fingerprint density at radius 2 is 1.92 bits per heavy atom. The van der Waals surface area contributed by atoms with Gasteiger partial charge in [0.25, 0.3) is 0 Å². The predicted molar refractivity (Wildman–Crippen MR) is 97.7 cm³/mol. The number of para-hydroxylation sites is 1. The van der Waals surface area contributed by atoms with Gasteiger partial charge in [-0.3, -0.25) is 4.90 Å². The molecule has 0 fully saturated rings. The summed E-state index contributed by atoms with van der Waals surface area (Å²) in [6, 6.07) is 13.1. The van der Waals surface area contributed by atoms with E-state index in [1.165, 1.54) is 0 Å². The van der Waals surface area contributed by atoms with Crippen molar-refractivity contribution >= 4 is 29.2 Å². The van der Waals surface area contributed by atoms with Crippen molar-refractivity contribution in [3.63, 3.8) is 0 Å². The van der Waals surface area contributed by atoms with E-state index in [-0.39, 0.29) is 6.03 Å². The molecular formula is C18H20N2O3S. The van der Waals surface area contributed by atoms with Crippen molar-refractivity contribution in [1.29, 1.82) is 0 Å². The number of hydrogen-bond donors (Lipinski definition) is 1. The van der Waals surface area contributed by atoms with E-state index >= 15 is 0 Å². The number of anilines is 2. The zero-order valence-electron chi connectivity index (χ0n) is 13.9. The maximum absolute atomic E-state index is 12.8. The lowest BCUT2D eigenvalue weighted by Crippen LogP contribution is -2.41. The molecule has 1 atom stereocenters. The summed E-state index contributed by atoms with van der Waals surface area (Å²) in [5.41, 5.74) is 1.61. The van der Waals surface area contributed by atoms with Gasteiger partial charge in [0.2, 0.25) is 0 Å². The molecule has 0 bridgehead atoms. The maximum atomic E-state index is 12.8. The fourth-order valence-corrected chi connectivity index (χ4v) is 3.80. The number of benzene rings is 2. The standard InChI is InChI=1S/C18H20N2O3S/c1-12-11-20(14-6-4-5-7-17(14)24-12)18(21)19-13-8-9-15(22-2)16(10-13)23-3/h4-10,12H,11H2,1-3H3,(H,19,21)/t12-/m0/s1. The van der Waals surface area contributed by atoms with Gasteiger partial charge in [0.1, 0.15) is 0 Å². The number of rotatable bonds is 3. The minimum atomic E-state index is -0.151.